The number of fused-ring (bicyclic) bond motifs is 1. The highest BCUT2D eigenvalue weighted by Gasteiger charge is 2.07. The maximum absolute atomic E-state index is 6.05. The molecule has 0 aliphatic heterocycles. The van der Waals surface area contributed by atoms with E-state index in [1.165, 1.54) is 5.01 Å². The van der Waals surface area contributed by atoms with Crippen molar-refractivity contribution in [2.45, 2.75) is 26.3 Å². The van der Waals surface area contributed by atoms with Crippen molar-refractivity contribution in [2.24, 2.45) is 0 Å². The lowest BCUT2D eigenvalue weighted by molar-refractivity contribution is 0.265. The van der Waals surface area contributed by atoms with Crippen molar-refractivity contribution >= 4 is 39.5 Å². The Labute approximate surface area is 157 Å². The summed E-state index contributed by atoms with van der Waals surface area (Å²) in [5, 5.41) is 8.61. The third-order valence-corrected chi connectivity index (χ3v) is 5.05. The first kappa shape index (κ1) is 18.1. The van der Waals surface area contributed by atoms with Crippen LogP contribution in [0.5, 0.6) is 0 Å². The molecule has 0 saturated carbocycles. The zero-order chi connectivity index (χ0) is 17.5. The Morgan fingerprint density at radius 2 is 2.08 bits per heavy atom. The lowest BCUT2D eigenvalue weighted by atomic mass is 10.2. The van der Waals surface area contributed by atoms with Gasteiger partial charge in [-0.25, -0.2) is 4.98 Å². The summed E-state index contributed by atoms with van der Waals surface area (Å²) < 4.78 is 0. The van der Waals surface area contributed by atoms with Crippen molar-refractivity contribution in [3.8, 4) is 0 Å². The predicted molar refractivity (Wildman–Crippen MR) is 108 cm³/mol. The molecule has 0 fully saturated rings. The van der Waals surface area contributed by atoms with Gasteiger partial charge in [0, 0.05) is 47.0 Å². The lowest BCUT2D eigenvalue weighted by Gasteiger charge is -2.20. The van der Waals surface area contributed by atoms with Crippen LogP contribution in [0, 0.1) is 0 Å². The predicted octanol–water partition coefficient (Wildman–Crippen LogP) is 5.06. The molecule has 0 amide bonds. The molecule has 0 aliphatic carbocycles. The molecule has 4 nitrogen and oxygen atoms in total. The molecular formula is C19H23ClN4S. The Bertz CT molecular complexity index is 791. The fourth-order valence-corrected chi connectivity index (χ4v) is 3.73. The molecule has 132 valence electrons. The number of nitrogens with zero attached hydrogens (tertiary/aromatic N) is 3. The lowest BCUT2D eigenvalue weighted by Crippen LogP contribution is -2.26. The van der Waals surface area contributed by atoms with Crippen LogP contribution in [0.4, 0.5) is 5.69 Å². The molecule has 1 N–H and O–H groups in total. The molecule has 0 unspecified atom stereocenters. The molecule has 0 atom stereocenters. The van der Waals surface area contributed by atoms with E-state index in [2.05, 4.69) is 27.1 Å². The minimum absolute atomic E-state index is 0.717. The Morgan fingerprint density at radius 1 is 1.16 bits per heavy atom. The SMILES string of the molecule is CCCN(CCCNc1ccnc2cc(Cl)ccc12)Cc1nccs1. The molecule has 0 radical (unpaired) electrons. The normalized spacial score (nSPS) is 11.3. The number of hydrogen-bond acceptors (Lipinski definition) is 5. The molecule has 0 spiro atoms. The molecule has 25 heavy (non-hydrogen) atoms. The first-order valence-electron chi connectivity index (χ1n) is 8.65. The van der Waals surface area contributed by atoms with Gasteiger partial charge in [0.1, 0.15) is 5.01 Å². The van der Waals surface area contributed by atoms with Crippen LogP contribution < -0.4 is 5.32 Å². The second kappa shape index (κ2) is 9.13. The number of hydrogen-bond donors (Lipinski definition) is 1. The maximum atomic E-state index is 6.05. The summed E-state index contributed by atoms with van der Waals surface area (Å²) in [5.41, 5.74) is 2.04. The van der Waals surface area contributed by atoms with Crippen LogP contribution in [0.1, 0.15) is 24.8 Å². The van der Waals surface area contributed by atoms with Gasteiger partial charge < -0.3 is 5.32 Å². The average molecular weight is 375 g/mol. The Kier molecular flexibility index (Phi) is 6.62. The third kappa shape index (κ3) is 5.14. The molecule has 3 rings (SSSR count). The Morgan fingerprint density at radius 3 is 2.88 bits per heavy atom. The van der Waals surface area contributed by atoms with E-state index in [4.69, 9.17) is 11.6 Å². The molecular weight excluding hydrogens is 352 g/mol. The monoisotopic (exact) mass is 374 g/mol. The van der Waals surface area contributed by atoms with Crippen LogP contribution in [-0.4, -0.2) is 34.5 Å². The van der Waals surface area contributed by atoms with Crippen LogP contribution in [0.2, 0.25) is 5.02 Å². The average Bonchev–Trinajstić information content (AvgIpc) is 3.11. The van der Waals surface area contributed by atoms with Crippen LogP contribution >= 0.6 is 22.9 Å². The Balaban J connectivity index is 1.53. The molecule has 2 aromatic heterocycles. The number of anilines is 1. The number of rotatable bonds is 9. The largest absolute Gasteiger partial charge is 0.384 e. The highest BCUT2D eigenvalue weighted by molar-refractivity contribution is 7.09. The number of thiazole rings is 1. The number of pyridine rings is 1. The summed E-state index contributed by atoms with van der Waals surface area (Å²) in [6.45, 7) is 6.27. The van der Waals surface area contributed by atoms with Gasteiger partial charge in [-0.3, -0.25) is 9.88 Å². The van der Waals surface area contributed by atoms with E-state index in [9.17, 15) is 0 Å². The van der Waals surface area contributed by atoms with Crippen LogP contribution in [0.15, 0.2) is 42.0 Å². The molecule has 0 saturated heterocycles. The van der Waals surface area contributed by atoms with Gasteiger partial charge in [-0.15, -0.1) is 11.3 Å². The summed E-state index contributed by atoms with van der Waals surface area (Å²) in [4.78, 5) is 11.3. The van der Waals surface area contributed by atoms with Gasteiger partial charge in [-0.2, -0.15) is 0 Å². The van der Waals surface area contributed by atoms with Gasteiger partial charge in [0.2, 0.25) is 0 Å². The smallest absolute Gasteiger partial charge is 0.107 e. The molecule has 3 aromatic rings. The van der Waals surface area contributed by atoms with Crippen LogP contribution in [-0.2, 0) is 6.54 Å². The fourth-order valence-electron chi connectivity index (χ4n) is 2.91. The van der Waals surface area contributed by atoms with Crippen molar-refractivity contribution in [3.05, 3.63) is 52.1 Å². The van der Waals surface area contributed by atoms with E-state index >= 15 is 0 Å². The highest BCUT2D eigenvalue weighted by atomic mass is 35.5. The minimum atomic E-state index is 0.717. The van der Waals surface area contributed by atoms with Crippen LogP contribution in [0.3, 0.4) is 0 Å². The molecule has 6 heteroatoms. The van der Waals surface area contributed by atoms with Gasteiger partial charge in [0.05, 0.1) is 12.1 Å². The van der Waals surface area contributed by atoms with E-state index in [1.54, 1.807) is 11.3 Å². The third-order valence-electron chi connectivity index (χ3n) is 4.05. The van der Waals surface area contributed by atoms with Crippen molar-refractivity contribution in [1.29, 1.82) is 0 Å². The van der Waals surface area contributed by atoms with Crippen molar-refractivity contribution < 1.29 is 0 Å². The first-order valence-corrected chi connectivity index (χ1v) is 9.91. The quantitative estimate of drug-likeness (QED) is 0.531. The van der Waals surface area contributed by atoms with Gasteiger partial charge in [0.15, 0.2) is 0 Å². The number of benzene rings is 1. The molecule has 1 aromatic carbocycles. The Hall–Kier alpha value is -1.69. The topological polar surface area (TPSA) is 41.0 Å². The summed E-state index contributed by atoms with van der Waals surface area (Å²) in [6.07, 6.45) is 5.96. The summed E-state index contributed by atoms with van der Waals surface area (Å²) in [5.74, 6) is 0. The summed E-state index contributed by atoms with van der Waals surface area (Å²) in [7, 11) is 0. The van der Waals surface area contributed by atoms with E-state index < -0.39 is 0 Å². The second-order valence-corrected chi connectivity index (χ2v) is 7.42. The maximum Gasteiger partial charge on any atom is 0.107 e. The number of halogens is 1. The molecule has 0 bridgehead atoms. The number of nitrogens with one attached hydrogen (secondary N) is 1. The van der Waals surface area contributed by atoms with Gasteiger partial charge >= 0.3 is 0 Å². The summed E-state index contributed by atoms with van der Waals surface area (Å²) >= 11 is 7.78. The van der Waals surface area contributed by atoms with E-state index in [-0.39, 0.29) is 0 Å². The number of aromatic nitrogens is 2. The van der Waals surface area contributed by atoms with Gasteiger partial charge in [-0.1, -0.05) is 18.5 Å². The van der Waals surface area contributed by atoms with Gasteiger partial charge in [-0.05, 0) is 43.7 Å². The van der Waals surface area contributed by atoms with E-state index in [0.29, 0.717) is 0 Å². The summed E-state index contributed by atoms with van der Waals surface area (Å²) in [6, 6.07) is 7.86. The zero-order valence-electron chi connectivity index (χ0n) is 14.4. The van der Waals surface area contributed by atoms with E-state index in [0.717, 1.165) is 60.6 Å². The highest BCUT2D eigenvalue weighted by Crippen LogP contribution is 2.24. The fraction of sp³-hybridized carbons (Fsp3) is 0.368. The second-order valence-electron chi connectivity index (χ2n) is 6.00. The van der Waals surface area contributed by atoms with E-state index in [1.807, 2.05) is 42.0 Å². The van der Waals surface area contributed by atoms with Gasteiger partial charge in [0.25, 0.3) is 0 Å². The standard InChI is InChI=1S/C19H23ClN4S/c1-2-10-24(14-19-23-9-12-25-19)11-3-7-21-17-6-8-22-18-13-15(20)4-5-16(17)18/h4-6,8-9,12-13H,2-3,7,10-11,14H2,1H3,(H,21,22). The first-order chi connectivity index (χ1) is 12.3. The zero-order valence-corrected chi connectivity index (χ0v) is 16.0. The minimum Gasteiger partial charge on any atom is -0.384 e. The van der Waals surface area contributed by atoms with Crippen molar-refractivity contribution in [3.63, 3.8) is 0 Å². The van der Waals surface area contributed by atoms with Crippen molar-refractivity contribution in [1.82, 2.24) is 14.9 Å². The molecule has 0 aliphatic rings. The molecule has 2 heterocycles. The van der Waals surface area contributed by atoms with Crippen LogP contribution in [0.25, 0.3) is 10.9 Å². The van der Waals surface area contributed by atoms with Crippen molar-refractivity contribution in [2.75, 3.05) is 25.0 Å².